The van der Waals surface area contributed by atoms with Gasteiger partial charge in [0.05, 0.1) is 38.6 Å². The Hall–Kier alpha value is -0.240. The minimum Gasteiger partial charge on any atom is -0.373 e. The van der Waals surface area contributed by atoms with Crippen molar-refractivity contribution in [3.63, 3.8) is 0 Å². The van der Waals surface area contributed by atoms with Crippen molar-refractivity contribution in [2.75, 3.05) is 39.6 Å². The van der Waals surface area contributed by atoms with Gasteiger partial charge in [0.1, 0.15) is 0 Å². The van der Waals surface area contributed by atoms with Gasteiger partial charge in [0.25, 0.3) is 0 Å². The Morgan fingerprint density at radius 3 is 1.35 bits per heavy atom. The zero-order valence-corrected chi connectivity index (χ0v) is 16.1. The summed E-state index contributed by atoms with van der Waals surface area (Å²) < 4.78 is 34.8. The predicted molar refractivity (Wildman–Crippen MR) is 97.0 cm³/mol. The fraction of sp³-hybridized carbons (Fsp3) is 1.00. The van der Waals surface area contributed by atoms with Gasteiger partial charge in [-0.1, -0.05) is 12.8 Å². The van der Waals surface area contributed by atoms with E-state index in [4.69, 9.17) is 28.4 Å². The van der Waals surface area contributed by atoms with E-state index in [1.165, 1.54) is 25.7 Å². The molecule has 1 aliphatic carbocycles. The smallest absolute Gasteiger partial charge is 0.157 e. The molecule has 0 aromatic heterocycles. The van der Waals surface area contributed by atoms with E-state index in [0.29, 0.717) is 26.4 Å². The Morgan fingerprint density at radius 2 is 0.923 bits per heavy atom. The lowest BCUT2D eigenvalue weighted by molar-refractivity contribution is -0.185. The molecule has 6 heteroatoms. The van der Waals surface area contributed by atoms with Gasteiger partial charge in [0.2, 0.25) is 0 Å². The Kier molecular flexibility index (Phi) is 9.67. The molecule has 0 bridgehead atoms. The number of rotatable bonds is 10. The molecule has 0 radical (unpaired) electrons. The Morgan fingerprint density at radius 1 is 0.500 bits per heavy atom. The maximum Gasteiger partial charge on any atom is 0.157 e. The molecule has 2 unspecified atom stereocenters. The first-order chi connectivity index (χ1) is 12.9. The van der Waals surface area contributed by atoms with E-state index >= 15 is 0 Å². The summed E-state index contributed by atoms with van der Waals surface area (Å²) in [5.74, 6) is 0. The van der Waals surface area contributed by atoms with Crippen LogP contribution in [0.5, 0.6) is 0 Å². The summed E-state index contributed by atoms with van der Waals surface area (Å²) in [4.78, 5) is 0. The van der Waals surface area contributed by atoms with Crippen LogP contribution in [0.3, 0.4) is 0 Å². The summed E-state index contributed by atoms with van der Waals surface area (Å²) in [6, 6.07) is 0. The van der Waals surface area contributed by atoms with Crippen molar-refractivity contribution >= 4 is 0 Å². The summed E-state index contributed by atoms with van der Waals surface area (Å²) >= 11 is 0. The molecule has 0 aromatic carbocycles. The van der Waals surface area contributed by atoms with Crippen LogP contribution in [0.25, 0.3) is 0 Å². The molecule has 4 atom stereocenters. The second kappa shape index (κ2) is 12.3. The first-order valence-corrected chi connectivity index (χ1v) is 10.6. The number of hydrogen-bond acceptors (Lipinski definition) is 6. The predicted octanol–water partition coefficient (Wildman–Crippen LogP) is 3.42. The molecule has 0 amide bonds. The van der Waals surface area contributed by atoms with Crippen LogP contribution in [0.4, 0.5) is 0 Å². The highest BCUT2D eigenvalue weighted by molar-refractivity contribution is 4.76. The molecular weight excluding hydrogens is 336 g/mol. The first-order valence-electron chi connectivity index (χ1n) is 10.6. The van der Waals surface area contributed by atoms with E-state index in [9.17, 15) is 0 Å². The topological polar surface area (TPSA) is 55.4 Å². The van der Waals surface area contributed by atoms with Crippen LogP contribution < -0.4 is 0 Å². The van der Waals surface area contributed by atoms with Crippen molar-refractivity contribution in [2.45, 2.75) is 89.0 Å². The zero-order valence-electron chi connectivity index (χ0n) is 16.1. The van der Waals surface area contributed by atoms with Crippen molar-refractivity contribution in [1.82, 2.24) is 0 Å². The van der Waals surface area contributed by atoms with Crippen LogP contribution in [-0.2, 0) is 28.4 Å². The molecule has 2 saturated heterocycles. The number of ether oxygens (including phenoxy) is 6. The molecule has 2 aliphatic heterocycles. The van der Waals surface area contributed by atoms with E-state index in [-0.39, 0.29) is 24.8 Å². The van der Waals surface area contributed by atoms with E-state index in [1.807, 2.05) is 0 Å². The quantitative estimate of drug-likeness (QED) is 0.548. The second-order valence-corrected chi connectivity index (χ2v) is 7.44. The SMILES string of the molecule is C1CCC(OCCO[C@@H]2CCCC[C@H]2OCCOC2CCCCO2)OC1. The third-order valence-electron chi connectivity index (χ3n) is 5.36. The first kappa shape index (κ1) is 20.5. The van der Waals surface area contributed by atoms with E-state index < -0.39 is 0 Å². The zero-order chi connectivity index (χ0) is 17.9. The van der Waals surface area contributed by atoms with Crippen LogP contribution in [-0.4, -0.2) is 64.4 Å². The summed E-state index contributed by atoms with van der Waals surface area (Å²) in [6.07, 6.45) is 11.5. The van der Waals surface area contributed by atoms with Crippen molar-refractivity contribution in [1.29, 1.82) is 0 Å². The summed E-state index contributed by atoms with van der Waals surface area (Å²) in [6.45, 7) is 4.04. The Bertz CT molecular complexity index is 320. The lowest BCUT2D eigenvalue weighted by Gasteiger charge is -2.32. The van der Waals surface area contributed by atoms with Crippen molar-refractivity contribution in [2.24, 2.45) is 0 Å². The lowest BCUT2D eigenvalue weighted by Crippen LogP contribution is -2.37. The van der Waals surface area contributed by atoms with E-state index in [2.05, 4.69) is 0 Å². The molecule has 3 aliphatic rings. The lowest BCUT2D eigenvalue weighted by atomic mass is 9.94. The van der Waals surface area contributed by atoms with Crippen LogP contribution in [0.15, 0.2) is 0 Å². The molecule has 26 heavy (non-hydrogen) atoms. The van der Waals surface area contributed by atoms with Gasteiger partial charge in [-0.05, 0) is 51.4 Å². The fourth-order valence-electron chi connectivity index (χ4n) is 3.89. The molecule has 152 valence electrons. The van der Waals surface area contributed by atoms with Crippen LogP contribution in [0.1, 0.15) is 64.2 Å². The molecule has 1 saturated carbocycles. The standard InChI is InChI=1S/C20H36O6/c1-2-8-18(22-14-16-26-20-10-4-6-12-24-20)17(7-1)21-13-15-25-19-9-3-5-11-23-19/h17-20H,1-16H2/t17-,18-,19?,20?/m1/s1. The highest BCUT2D eigenvalue weighted by Crippen LogP contribution is 2.24. The monoisotopic (exact) mass is 372 g/mol. The average Bonchev–Trinajstić information content (AvgIpc) is 2.71. The Labute approximate surface area is 157 Å². The van der Waals surface area contributed by atoms with Gasteiger partial charge >= 0.3 is 0 Å². The van der Waals surface area contributed by atoms with Gasteiger partial charge in [-0.3, -0.25) is 0 Å². The molecule has 0 spiro atoms. The van der Waals surface area contributed by atoms with Gasteiger partial charge in [0.15, 0.2) is 12.6 Å². The van der Waals surface area contributed by atoms with Gasteiger partial charge in [-0.25, -0.2) is 0 Å². The minimum absolute atomic E-state index is 0.0371. The fourth-order valence-corrected chi connectivity index (χ4v) is 3.89. The van der Waals surface area contributed by atoms with E-state index in [1.54, 1.807) is 0 Å². The average molecular weight is 373 g/mol. The van der Waals surface area contributed by atoms with Crippen LogP contribution in [0.2, 0.25) is 0 Å². The second-order valence-electron chi connectivity index (χ2n) is 7.44. The van der Waals surface area contributed by atoms with Gasteiger partial charge < -0.3 is 28.4 Å². The summed E-state index contributed by atoms with van der Waals surface area (Å²) in [7, 11) is 0. The van der Waals surface area contributed by atoms with Gasteiger partial charge in [-0.2, -0.15) is 0 Å². The highest BCUT2D eigenvalue weighted by atomic mass is 16.7. The van der Waals surface area contributed by atoms with Gasteiger partial charge in [-0.15, -0.1) is 0 Å². The third kappa shape index (κ3) is 7.41. The summed E-state index contributed by atoms with van der Waals surface area (Å²) in [5.41, 5.74) is 0. The third-order valence-corrected chi connectivity index (χ3v) is 5.36. The largest absolute Gasteiger partial charge is 0.373 e. The Balaban J connectivity index is 1.25. The van der Waals surface area contributed by atoms with Gasteiger partial charge in [0, 0.05) is 13.2 Å². The maximum atomic E-state index is 6.06. The van der Waals surface area contributed by atoms with E-state index in [0.717, 1.165) is 51.7 Å². The van der Waals surface area contributed by atoms with Crippen molar-refractivity contribution < 1.29 is 28.4 Å². The molecule has 3 rings (SSSR count). The van der Waals surface area contributed by atoms with Crippen molar-refractivity contribution in [3.8, 4) is 0 Å². The maximum absolute atomic E-state index is 6.06. The molecule has 2 heterocycles. The molecular formula is C20H36O6. The minimum atomic E-state index is -0.0371. The normalized spacial score (nSPS) is 33.2. The molecule has 6 nitrogen and oxygen atoms in total. The van der Waals surface area contributed by atoms with Crippen LogP contribution in [0, 0.1) is 0 Å². The number of hydrogen-bond donors (Lipinski definition) is 0. The van der Waals surface area contributed by atoms with Crippen LogP contribution >= 0.6 is 0 Å². The summed E-state index contributed by atoms with van der Waals surface area (Å²) in [5, 5.41) is 0. The highest BCUT2D eigenvalue weighted by Gasteiger charge is 2.27. The van der Waals surface area contributed by atoms with Crippen molar-refractivity contribution in [3.05, 3.63) is 0 Å². The molecule has 0 aromatic rings. The molecule has 0 N–H and O–H groups in total. The molecule has 3 fully saturated rings.